The van der Waals surface area contributed by atoms with E-state index in [0.29, 0.717) is 16.9 Å². The molecule has 0 spiro atoms. The lowest BCUT2D eigenvalue weighted by atomic mass is 9.91. The molecule has 150 valence electrons. The number of carbonyl (C=O) groups is 1. The van der Waals surface area contributed by atoms with Crippen LogP contribution in [0.2, 0.25) is 0 Å². The lowest BCUT2D eigenvalue weighted by molar-refractivity contribution is -0.140. The number of ether oxygens (including phenoxy) is 1. The van der Waals surface area contributed by atoms with Gasteiger partial charge in [-0.15, -0.1) is 0 Å². The van der Waals surface area contributed by atoms with Crippen LogP contribution in [-0.4, -0.2) is 31.4 Å². The van der Waals surface area contributed by atoms with Crippen LogP contribution in [0.3, 0.4) is 0 Å². The molecule has 3 rings (SSSR count). The minimum atomic E-state index is -4.24. The van der Waals surface area contributed by atoms with Crippen molar-refractivity contribution in [2.45, 2.75) is 22.5 Å². The number of sulfone groups is 1. The van der Waals surface area contributed by atoms with E-state index in [0.717, 1.165) is 0 Å². The van der Waals surface area contributed by atoms with Crippen LogP contribution < -0.4 is 4.74 Å². The Labute approximate surface area is 170 Å². The first kappa shape index (κ1) is 20.6. The molecule has 0 fully saturated rings. The van der Waals surface area contributed by atoms with Crippen LogP contribution in [-0.2, 0) is 27.5 Å². The normalized spacial score (nSPS) is 11.8. The second-order valence-corrected chi connectivity index (χ2v) is 9.06. The van der Waals surface area contributed by atoms with Gasteiger partial charge in [-0.2, -0.15) is 0 Å². The summed E-state index contributed by atoms with van der Waals surface area (Å²) in [5, 5.41) is 10.2. The smallest absolute Gasteiger partial charge is 0.326 e. The summed E-state index contributed by atoms with van der Waals surface area (Å²) in [5.74, 6) is -0.878. The Morgan fingerprint density at radius 2 is 1.28 bits per heavy atom. The van der Waals surface area contributed by atoms with Crippen molar-refractivity contribution in [1.82, 2.24) is 0 Å². The number of methoxy groups -OCH3 is 1. The topological polar surface area (TPSA) is 80.7 Å². The van der Waals surface area contributed by atoms with E-state index in [2.05, 4.69) is 0 Å². The second kappa shape index (κ2) is 8.49. The molecule has 1 N–H and O–H groups in total. The SMILES string of the molecule is COc1ccc(S(=O)(=O)C(Cc2ccccc2)(Cc2ccccc2)C(=O)O)cc1. The molecule has 0 heterocycles. The van der Waals surface area contributed by atoms with Crippen LogP contribution in [0.5, 0.6) is 5.75 Å². The molecule has 6 heteroatoms. The van der Waals surface area contributed by atoms with Crippen molar-refractivity contribution >= 4 is 15.8 Å². The van der Waals surface area contributed by atoms with E-state index >= 15 is 0 Å². The molecule has 5 nitrogen and oxygen atoms in total. The minimum absolute atomic E-state index is 0.0486. The predicted molar refractivity (Wildman–Crippen MR) is 111 cm³/mol. The third-order valence-electron chi connectivity index (χ3n) is 4.94. The zero-order valence-corrected chi connectivity index (χ0v) is 16.8. The highest BCUT2D eigenvalue weighted by Gasteiger charge is 2.51. The summed E-state index contributed by atoms with van der Waals surface area (Å²) < 4.78 is 30.4. The Bertz CT molecular complexity index is 1020. The van der Waals surface area contributed by atoms with Crippen molar-refractivity contribution in [3.8, 4) is 5.75 Å². The number of hydrogen-bond donors (Lipinski definition) is 1. The van der Waals surface area contributed by atoms with Gasteiger partial charge in [0.2, 0.25) is 0 Å². The van der Waals surface area contributed by atoms with Crippen LogP contribution in [0.1, 0.15) is 11.1 Å². The van der Waals surface area contributed by atoms with E-state index in [4.69, 9.17) is 4.74 Å². The Balaban J connectivity index is 2.17. The Morgan fingerprint density at radius 1 is 0.828 bits per heavy atom. The molecule has 0 amide bonds. The van der Waals surface area contributed by atoms with Crippen molar-refractivity contribution in [2.75, 3.05) is 7.11 Å². The zero-order valence-electron chi connectivity index (χ0n) is 16.0. The van der Waals surface area contributed by atoms with Crippen LogP contribution in [0, 0.1) is 0 Å². The highest BCUT2D eigenvalue weighted by molar-refractivity contribution is 7.93. The van der Waals surface area contributed by atoms with E-state index in [-0.39, 0.29) is 17.7 Å². The molecule has 0 unspecified atom stereocenters. The summed E-state index contributed by atoms with van der Waals surface area (Å²) in [6, 6.07) is 23.5. The lowest BCUT2D eigenvalue weighted by Crippen LogP contribution is -2.50. The van der Waals surface area contributed by atoms with Crippen LogP contribution in [0.4, 0.5) is 0 Å². The van der Waals surface area contributed by atoms with Gasteiger partial charge in [-0.3, -0.25) is 4.79 Å². The minimum Gasteiger partial charge on any atom is -0.497 e. The van der Waals surface area contributed by atoms with Gasteiger partial charge < -0.3 is 9.84 Å². The number of rotatable bonds is 8. The Hall–Kier alpha value is -3.12. The summed E-state index contributed by atoms with van der Waals surface area (Å²) in [6.45, 7) is 0. The van der Waals surface area contributed by atoms with E-state index in [9.17, 15) is 18.3 Å². The molecule has 3 aromatic carbocycles. The first-order valence-electron chi connectivity index (χ1n) is 9.09. The Morgan fingerprint density at radius 3 is 1.66 bits per heavy atom. The van der Waals surface area contributed by atoms with Crippen molar-refractivity contribution in [3.05, 3.63) is 96.1 Å². The summed E-state index contributed by atoms with van der Waals surface area (Å²) in [7, 11) is -2.76. The Kier molecular flexibility index (Phi) is 6.03. The zero-order chi connectivity index (χ0) is 20.9. The molecule has 0 aliphatic rings. The van der Waals surface area contributed by atoms with Crippen molar-refractivity contribution in [1.29, 1.82) is 0 Å². The summed E-state index contributed by atoms with van der Waals surface area (Å²) in [6.07, 6.45) is -0.293. The van der Waals surface area contributed by atoms with Gasteiger partial charge in [0.15, 0.2) is 14.6 Å². The van der Waals surface area contributed by atoms with E-state index in [1.165, 1.54) is 31.4 Å². The van der Waals surface area contributed by atoms with Crippen molar-refractivity contribution < 1.29 is 23.1 Å². The highest BCUT2D eigenvalue weighted by atomic mass is 32.2. The van der Waals surface area contributed by atoms with Gasteiger partial charge >= 0.3 is 5.97 Å². The summed E-state index contributed by atoms with van der Waals surface area (Å²) in [4.78, 5) is 12.5. The van der Waals surface area contributed by atoms with Crippen LogP contribution in [0.15, 0.2) is 89.8 Å². The van der Waals surface area contributed by atoms with Gasteiger partial charge in [0.05, 0.1) is 12.0 Å². The summed E-state index contributed by atoms with van der Waals surface area (Å²) in [5.41, 5.74) is 1.28. The first-order valence-corrected chi connectivity index (χ1v) is 10.6. The predicted octanol–water partition coefficient (Wildman–Crippen LogP) is 3.78. The summed E-state index contributed by atoms with van der Waals surface area (Å²) >= 11 is 0. The highest BCUT2D eigenvalue weighted by Crippen LogP contribution is 2.34. The van der Waals surface area contributed by atoms with Gasteiger partial charge in [0.25, 0.3) is 0 Å². The molecule has 0 saturated heterocycles. The fourth-order valence-corrected chi connectivity index (χ4v) is 5.24. The fourth-order valence-electron chi connectivity index (χ4n) is 3.35. The molecule has 3 aromatic rings. The largest absolute Gasteiger partial charge is 0.497 e. The molecule has 0 radical (unpaired) electrons. The maximum atomic E-state index is 13.7. The molecule has 0 aliphatic carbocycles. The molecule has 0 saturated carbocycles. The van der Waals surface area contributed by atoms with E-state index < -0.39 is 20.6 Å². The van der Waals surface area contributed by atoms with Crippen molar-refractivity contribution in [2.24, 2.45) is 0 Å². The van der Waals surface area contributed by atoms with Gasteiger partial charge in [-0.25, -0.2) is 8.42 Å². The molecule has 0 atom stereocenters. The van der Waals surface area contributed by atoms with Gasteiger partial charge in [-0.1, -0.05) is 60.7 Å². The van der Waals surface area contributed by atoms with Crippen LogP contribution in [0.25, 0.3) is 0 Å². The average molecular weight is 410 g/mol. The number of hydrogen-bond acceptors (Lipinski definition) is 4. The van der Waals surface area contributed by atoms with Gasteiger partial charge in [0.1, 0.15) is 5.75 Å². The monoisotopic (exact) mass is 410 g/mol. The maximum absolute atomic E-state index is 13.7. The third kappa shape index (κ3) is 4.17. The fraction of sp³-hybridized carbons (Fsp3) is 0.174. The molecule has 29 heavy (non-hydrogen) atoms. The number of carboxylic acids is 1. The first-order chi connectivity index (χ1) is 13.9. The third-order valence-corrected chi connectivity index (χ3v) is 7.32. The quantitative estimate of drug-likeness (QED) is 0.611. The standard InChI is InChI=1S/C23H22O5S/c1-28-20-12-14-21(15-13-20)29(26,27)23(22(24)25,16-18-8-4-2-5-9-18)17-19-10-6-3-7-11-19/h2-15H,16-17H2,1H3,(H,24,25). The molecular formula is C23H22O5S. The number of carboxylic acid groups (broad SMARTS) is 1. The number of benzene rings is 3. The average Bonchev–Trinajstić information content (AvgIpc) is 2.74. The lowest BCUT2D eigenvalue weighted by Gasteiger charge is -2.30. The molecule has 0 aliphatic heterocycles. The van der Waals surface area contributed by atoms with Crippen LogP contribution >= 0.6 is 0 Å². The van der Waals surface area contributed by atoms with Gasteiger partial charge in [-0.05, 0) is 35.4 Å². The second-order valence-electron chi connectivity index (χ2n) is 6.80. The van der Waals surface area contributed by atoms with E-state index in [1.807, 2.05) is 0 Å². The van der Waals surface area contributed by atoms with Gasteiger partial charge in [0, 0.05) is 12.8 Å². The number of aliphatic carboxylic acids is 1. The van der Waals surface area contributed by atoms with Crippen molar-refractivity contribution in [3.63, 3.8) is 0 Å². The molecule has 0 aromatic heterocycles. The van der Waals surface area contributed by atoms with E-state index in [1.54, 1.807) is 60.7 Å². The molecule has 0 bridgehead atoms. The molecular weight excluding hydrogens is 388 g/mol. The maximum Gasteiger partial charge on any atom is 0.326 e.